The molecule has 1 aromatic carbocycles. The van der Waals surface area contributed by atoms with Crippen molar-refractivity contribution in [2.45, 2.75) is 6.92 Å². The van der Waals surface area contributed by atoms with E-state index >= 15 is 0 Å². The van der Waals surface area contributed by atoms with Gasteiger partial charge in [-0.25, -0.2) is 15.0 Å². The van der Waals surface area contributed by atoms with E-state index in [-0.39, 0.29) is 0 Å². The Balaban J connectivity index is 1.61. The number of rotatable bonds is 6. The Kier molecular flexibility index (Phi) is 5.67. The smallest absolute Gasteiger partial charge is 0.185 e. The molecule has 8 nitrogen and oxygen atoms in total. The summed E-state index contributed by atoms with van der Waals surface area (Å²) < 4.78 is 5.65. The molecular weight excluding hydrogens is 378 g/mol. The van der Waals surface area contributed by atoms with Gasteiger partial charge in [0, 0.05) is 50.7 Å². The minimum Gasteiger partial charge on any atom is -0.442 e. The second-order valence-electron chi connectivity index (χ2n) is 7.43. The lowest BCUT2D eigenvalue weighted by atomic mass is 10.2. The molecule has 1 saturated heterocycles. The average Bonchev–Trinajstić information content (AvgIpc) is 2.74. The lowest BCUT2D eigenvalue weighted by Gasteiger charge is -2.33. The highest BCUT2D eigenvalue weighted by molar-refractivity contribution is 5.88. The Morgan fingerprint density at radius 1 is 1.13 bits per heavy atom. The van der Waals surface area contributed by atoms with Crippen LogP contribution in [0.3, 0.4) is 0 Å². The van der Waals surface area contributed by atoms with Gasteiger partial charge in [0.2, 0.25) is 0 Å². The summed E-state index contributed by atoms with van der Waals surface area (Å²) in [7, 11) is 3.91. The van der Waals surface area contributed by atoms with Gasteiger partial charge in [-0.3, -0.25) is 0 Å². The first-order chi connectivity index (χ1) is 14.5. The van der Waals surface area contributed by atoms with Crippen LogP contribution in [0.25, 0.3) is 11.2 Å². The van der Waals surface area contributed by atoms with Gasteiger partial charge in [0.05, 0.1) is 11.9 Å². The number of fused-ring (bicyclic) bond motifs is 1. The number of benzene rings is 1. The molecule has 2 N–H and O–H groups in total. The fourth-order valence-corrected chi connectivity index (χ4v) is 3.38. The van der Waals surface area contributed by atoms with Gasteiger partial charge >= 0.3 is 0 Å². The van der Waals surface area contributed by atoms with Gasteiger partial charge in [-0.05, 0) is 38.7 Å². The van der Waals surface area contributed by atoms with Crippen LogP contribution in [0.15, 0.2) is 49.0 Å². The van der Waals surface area contributed by atoms with Crippen LogP contribution < -0.4 is 20.3 Å². The molecule has 8 heteroatoms. The molecule has 1 fully saturated rings. The number of nitrogens with zero attached hydrogens (tertiary/aromatic N) is 5. The maximum absolute atomic E-state index is 5.65. The maximum Gasteiger partial charge on any atom is 0.185 e. The molecular formula is C22H27N7O. The highest BCUT2D eigenvalue weighted by atomic mass is 16.5. The first kappa shape index (κ1) is 19.9. The molecule has 30 heavy (non-hydrogen) atoms. The fourth-order valence-electron chi connectivity index (χ4n) is 3.38. The van der Waals surface area contributed by atoms with E-state index in [9.17, 15) is 0 Å². The van der Waals surface area contributed by atoms with Crippen molar-refractivity contribution in [1.29, 1.82) is 0 Å². The second kappa shape index (κ2) is 8.54. The zero-order chi connectivity index (χ0) is 21.1. The SMILES string of the molecule is C=C(NC)Oc1cccc(Nc2cc(C)nc3nc(N4CCN(C)CC4)cnc23)c1. The molecule has 0 unspecified atom stereocenters. The number of ether oxygens (including phenoxy) is 1. The summed E-state index contributed by atoms with van der Waals surface area (Å²) in [6.45, 7) is 9.69. The van der Waals surface area contributed by atoms with Crippen LogP contribution in [0.1, 0.15) is 5.69 Å². The molecule has 1 aliphatic rings. The highest BCUT2D eigenvalue weighted by Crippen LogP contribution is 2.27. The summed E-state index contributed by atoms with van der Waals surface area (Å²) >= 11 is 0. The lowest BCUT2D eigenvalue weighted by molar-refractivity contribution is 0.312. The number of likely N-dealkylation sites (N-methyl/N-ethyl adjacent to an activating group) is 1. The summed E-state index contributed by atoms with van der Waals surface area (Å²) in [6.07, 6.45) is 1.84. The summed E-state index contributed by atoms with van der Waals surface area (Å²) in [6, 6.07) is 9.67. The van der Waals surface area contributed by atoms with Gasteiger partial charge in [-0.1, -0.05) is 6.07 Å². The Morgan fingerprint density at radius 2 is 1.93 bits per heavy atom. The van der Waals surface area contributed by atoms with Crippen molar-refractivity contribution < 1.29 is 4.74 Å². The highest BCUT2D eigenvalue weighted by Gasteiger charge is 2.17. The van der Waals surface area contributed by atoms with Crippen molar-refractivity contribution >= 4 is 28.4 Å². The number of pyridine rings is 1. The summed E-state index contributed by atoms with van der Waals surface area (Å²) in [5.41, 5.74) is 4.01. The van der Waals surface area contributed by atoms with Crippen LogP contribution in [0.5, 0.6) is 5.75 Å². The zero-order valence-electron chi connectivity index (χ0n) is 17.6. The predicted octanol–water partition coefficient (Wildman–Crippen LogP) is 2.90. The van der Waals surface area contributed by atoms with E-state index < -0.39 is 0 Å². The van der Waals surface area contributed by atoms with Crippen molar-refractivity contribution in [2.24, 2.45) is 0 Å². The van der Waals surface area contributed by atoms with E-state index in [0.717, 1.165) is 54.6 Å². The molecule has 1 aliphatic heterocycles. The third-order valence-electron chi connectivity index (χ3n) is 5.09. The third kappa shape index (κ3) is 4.44. The Hall–Kier alpha value is -3.39. The number of hydrogen-bond acceptors (Lipinski definition) is 8. The fraction of sp³-hybridized carbons (Fsp3) is 0.318. The largest absolute Gasteiger partial charge is 0.442 e. The van der Waals surface area contributed by atoms with Crippen LogP contribution >= 0.6 is 0 Å². The normalized spacial score (nSPS) is 14.6. The minimum atomic E-state index is 0.486. The summed E-state index contributed by atoms with van der Waals surface area (Å²) in [4.78, 5) is 18.7. The van der Waals surface area contributed by atoms with E-state index in [4.69, 9.17) is 14.7 Å². The minimum absolute atomic E-state index is 0.486. The molecule has 0 radical (unpaired) electrons. The van der Waals surface area contributed by atoms with Crippen molar-refractivity contribution in [3.63, 3.8) is 0 Å². The lowest BCUT2D eigenvalue weighted by Crippen LogP contribution is -2.44. The van der Waals surface area contributed by atoms with Gasteiger partial charge in [0.15, 0.2) is 11.5 Å². The van der Waals surface area contributed by atoms with Gasteiger partial charge in [-0.15, -0.1) is 0 Å². The molecule has 0 atom stereocenters. The van der Waals surface area contributed by atoms with E-state index in [1.54, 1.807) is 7.05 Å². The van der Waals surface area contributed by atoms with Crippen LogP contribution in [-0.2, 0) is 0 Å². The van der Waals surface area contributed by atoms with E-state index in [1.807, 2.05) is 43.5 Å². The average molecular weight is 406 g/mol. The topological polar surface area (TPSA) is 78.4 Å². The quantitative estimate of drug-likeness (QED) is 0.606. The van der Waals surface area contributed by atoms with Crippen LogP contribution in [0, 0.1) is 6.92 Å². The number of aromatic nitrogens is 3. The first-order valence-electron chi connectivity index (χ1n) is 10.0. The van der Waals surface area contributed by atoms with Gasteiger partial charge in [0.1, 0.15) is 17.1 Å². The van der Waals surface area contributed by atoms with Crippen molar-refractivity contribution in [1.82, 2.24) is 25.2 Å². The number of hydrogen-bond donors (Lipinski definition) is 2. The molecule has 3 heterocycles. The van der Waals surface area contributed by atoms with Crippen molar-refractivity contribution in [3.8, 4) is 5.75 Å². The maximum atomic E-state index is 5.65. The van der Waals surface area contributed by atoms with E-state index in [0.29, 0.717) is 17.3 Å². The van der Waals surface area contributed by atoms with Crippen LogP contribution in [0.4, 0.5) is 17.2 Å². The molecule has 0 aliphatic carbocycles. The number of nitrogens with one attached hydrogen (secondary N) is 2. The molecule has 156 valence electrons. The standard InChI is InChI=1S/C22H27N7O/c1-15-12-19(26-17-6-5-7-18(13-17)30-16(2)23-3)21-22(25-15)27-20(14-24-21)29-10-8-28(4)9-11-29/h5-7,12-14,23H,2,8-11H2,1,3-4H3,(H,25,26,27). The predicted molar refractivity (Wildman–Crippen MR) is 120 cm³/mol. The Labute approximate surface area is 176 Å². The monoisotopic (exact) mass is 405 g/mol. The molecule has 3 aromatic rings. The van der Waals surface area contributed by atoms with Gasteiger partial charge < -0.3 is 25.2 Å². The molecule has 0 amide bonds. The van der Waals surface area contributed by atoms with Crippen LogP contribution in [0.2, 0.25) is 0 Å². The van der Waals surface area contributed by atoms with E-state index in [1.165, 1.54) is 0 Å². The molecule has 0 bridgehead atoms. The number of aryl methyl sites for hydroxylation is 1. The van der Waals surface area contributed by atoms with Gasteiger partial charge in [-0.2, -0.15) is 0 Å². The van der Waals surface area contributed by atoms with E-state index in [2.05, 4.69) is 39.0 Å². The molecule has 0 spiro atoms. The van der Waals surface area contributed by atoms with Crippen molar-refractivity contribution in [3.05, 3.63) is 54.7 Å². The number of anilines is 3. The second-order valence-corrected chi connectivity index (χ2v) is 7.43. The molecule has 0 saturated carbocycles. The first-order valence-corrected chi connectivity index (χ1v) is 10.0. The van der Waals surface area contributed by atoms with Crippen LogP contribution in [-0.4, -0.2) is 60.1 Å². The Morgan fingerprint density at radius 3 is 2.70 bits per heavy atom. The number of piperazine rings is 1. The van der Waals surface area contributed by atoms with Crippen molar-refractivity contribution in [2.75, 3.05) is 50.5 Å². The Bertz CT molecular complexity index is 1060. The molecule has 4 rings (SSSR count). The molecule has 2 aromatic heterocycles. The third-order valence-corrected chi connectivity index (χ3v) is 5.09. The summed E-state index contributed by atoms with van der Waals surface area (Å²) in [5.74, 6) is 2.05. The summed E-state index contributed by atoms with van der Waals surface area (Å²) in [5, 5.41) is 6.31. The zero-order valence-corrected chi connectivity index (χ0v) is 17.6. The van der Waals surface area contributed by atoms with Gasteiger partial charge in [0.25, 0.3) is 0 Å².